The van der Waals surface area contributed by atoms with E-state index in [0.717, 1.165) is 11.1 Å². The largest absolute Gasteiger partial charge is 0.493 e. The van der Waals surface area contributed by atoms with Crippen LogP contribution in [0.3, 0.4) is 0 Å². The Balaban J connectivity index is 2.79. The van der Waals surface area contributed by atoms with E-state index < -0.39 is 0 Å². The molecule has 0 aromatic heterocycles. The van der Waals surface area contributed by atoms with Gasteiger partial charge < -0.3 is 14.8 Å². The molecule has 4 nitrogen and oxygen atoms in total. The van der Waals surface area contributed by atoms with Crippen molar-refractivity contribution in [3.05, 3.63) is 23.3 Å². The van der Waals surface area contributed by atoms with Gasteiger partial charge in [0.15, 0.2) is 11.5 Å². The van der Waals surface area contributed by atoms with Gasteiger partial charge in [0.1, 0.15) is 0 Å². The zero-order valence-electron chi connectivity index (χ0n) is 10.9. The Morgan fingerprint density at radius 3 is 2.44 bits per heavy atom. The number of nitrogens with one attached hydrogen (secondary N) is 1. The fraction of sp³-hybridized carbons (Fsp3) is 0.462. The maximum Gasteiger partial charge on any atom is 0.221 e. The lowest BCUT2D eigenvalue weighted by Crippen LogP contribution is -2.23. The van der Waals surface area contributed by atoms with Crippen LogP contribution < -0.4 is 14.8 Å². The summed E-state index contributed by atoms with van der Waals surface area (Å²) < 4.78 is 10.5. The topological polar surface area (TPSA) is 47.6 Å². The number of methoxy groups -OCH3 is 2. The van der Waals surface area contributed by atoms with Gasteiger partial charge in [0.25, 0.3) is 0 Å². The van der Waals surface area contributed by atoms with Crippen LogP contribution in [-0.2, 0) is 11.3 Å². The zero-order chi connectivity index (χ0) is 13.5. The second kappa shape index (κ2) is 7.16. The van der Waals surface area contributed by atoms with Gasteiger partial charge >= 0.3 is 0 Å². The van der Waals surface area contributed by atoms with Crippen molar-refractivity contribution in [1.29, 1.82) is 0 Å². The van der Waals surface area contributed by atoms with Crippen molar-refractivity contribution in [2.45, 2.75) is 19.9 Å². The predicted molar refractivity (Wildman–Crippen MR) is 74.6 cm³/mol. The van der Waals surface area contributed by atoms with Gasteiger partial charge in [-0.15, -0.1) is 0 Å². The lowest BCUT2D eigenvalue weighted by molar-refractivity contribution is -0.120. The molecule has 1 rings (SSSR count). The second-order valence-electron chi connectivity index (χ2n) is 3.88. The van der Waals surface area contributed by atoms with Crippen LogP contribution in [-0.4, -0.2) is 25.9 Å². The molecule has 0 fully saturated rings. The molecule has 5 heteroatoms. The predicted octanol–water partition coefficient (Wildman–Crippen LogP) is 1.95. The van der Waals surface area contributed by atoms with Gasteiger partial charge in [-0.3, -0.25) is 4.79 Å². The first-order valence-electron chi connectivity index (χ1n) is 5.71. The molecule has 1 aromatic carbocycles. The number of amides is 1. The van der Waals surface area contributed by atoms with Crippen molar-refractivity contribution in [3.63, 3.8) is 0 Å². The van der Waals surface area contributed by atoms with E-state index in [4.69, 9.17) is 9.47 Å². The molecule has 0 saturated heterocycles. The van der Waals surface area contributed by atoms with Crippen LogP contribution in [0, 0.1) is 6.92 Å². The third-order valence-electron chi connectivity index (χ3n) is 2.66. The van der Waals surface area contributed by atoms with Gasteiger partial charge in [0.2, 0.25) is 5.91 Å². The quantitative estimate of drug-likeness (QED) is 0.776. The zero-order valence-corrected chi connectivity index (χ0v) is 11.8. The highest BCUT2D eigenvalue weighted by Gasteiger charge is 2.09. The SMILES string of the molecule is COc1cc(C)c(CNC(=O)CCS)cc1OC. The van der Waals surface area contributed by atoms with Crippen LogP contribution >= 0.6 is 12.6 Å². The van der Waals surface area contributed by atoms with E-state index >= 15 is 0 Å². The van der Waals surface area contributed by atoms with Crippen molar-refractivity contribution in [2.75, 3.05) is 20.0 Å². The summed E-state index contributed by atoms with van der Waals surface area (Å²) in [6.45, 7) is 2.46. The smallest absolute Gasteiger partial charge is 0.221 e. The summed E-state index contributed by atoms with van der Waals surface area (Å²) >= 11 is 4.02. The highest BCUT2D eigenvalue weighted by atomic mass is 32.1. The third kappa shape index (κ3) is 3.84. The Morgan fingerprint density at radius 2 is 1.89 bits per heavy atom. The van der Waals surface area contributed by atoms with E-state index in [1.165, 1.54) is 0 Å². The van der Waals surface area contributed by atoms with E-state index in [1.54, 1.807) is 14.2 Å². The van der Waals surface area contributed by atoms with Crippen LogP contribution in [0.1, 0.15) is 17.5 Å². The first-order chi connectivity index (χ1) is 8.62. The number of hydrogen-bond acceptors (Lipinski definition) is 4. The summed E-state index contributed by atoms with van der Waals surface area (Å²) in [6.07, 6.45) is 0.426. The van der Waals surface area contributed by atoms with E-state index in [2.05, 4.69) is 17.9 Å². The van der Waals surface area contributed by atoms with Crippen molar-refractivity contribution in [3.8, 4) is 11.5 Å². The normalized spacial score (nSPS) is 10.0. The average molecular weight is 269 g/mol. The summed E-state index contributed by atoms with van der Waals surface area (Å²) in [5.74, 6) is 1.91. The highest BCUT2D eigenvalue weighted by Crippen LogP contribution is 2.30. The van der Waals surface area contributed by atoms with E-state index in [-0.39, 0.29) is 5.91 Å². The molecule has 0 aliphatic rings. The summed E-state index contributed by atoms with van der Waals surface area (Å²) in [7, 11) is 3.20. The Kier molecular flexibility index (Phi) is 5.85. The molecule has 0 saturated carbocycles. The standard InChI is InChI=1S/C13H19NO3S/c1-9-6-11(16-2)12(17-3)7-10(9)8-14-13(15)4-5-18/h6-7,18H,4-5,8H2,1-3H3,(H,14,15). The van der Waals surface area contributed by atoms with E-state index in [0.29, 0.717) is 30.2 Å². The molecule has 100 valence electrons. The molecule has 0 atom stereocenters. The van der Waals surface area contributed by atoms with Crippen LogP contribution in [0.15, 0.2) is 12.1 Å². The molecule has 0 spiro atoms. The molecule has 0 aliphatic heterocycles. The monoisotopic (exact) mass is 269 g/mol. The highest BCUT2D eigenvalue weighted by molar-refractivity contribution is 7.80. The number of carbonyl (C=O) groups excluding carboxylic acids is 1. The average Bonchev–Trinajstić information content (AvgIpc) is 2.37. The Bertz CT molecular complexity index is 421. The lowest BCUT2D eigenvalue weighted by atomic mass is 10.1. The minimum atomic E-state index is -0.000755. The van der Waals surface area contributed by atoms with E-state index in [9.17, 15) is 4.79 Å². The number of thiol groups is 1. The number of hydrogen-bond donors (Lipinski definition) is 2. The number of aryl methyl sites for hydroxylation is 1. The molecule has 18 heavy (non-hydrogen) atoms. The summed E-state index contributed by atoms with van der Waals surface area (Å²) in [5.41, 5.74) is 2.07. The molecule has 1 aromatic rings. The van der Waals surface area contributed by atoms with Gasteiger partial charge in [-0.2, -0.15) is 12.6 Å². The molecule has 0 radical (unpaired) electrons. The summed E-state index contributed by atoms with van der Waals surface area (Å²) in [4.78, 5) is 11.4. The molecule has 0 unspecified atom stereocenters. The van der Waals surface area contributed by atoms with Crippen molar-refractivity contribution >= 4 is 18.5 Å². The Labute approximate surface area is 113 Å². The van der Waals surface area contributed by atoms with Crippen LogP contribution in [0.4, 0.5) is 0 Å². The van der Waals surface area contributed by atoms with Gasteiger partial charge in [-0.1, -0.05) is 0 Å². The first kappa shape index (κ1) is 14.7. The molecule has 1 amide bonds. The maximum atomic E-state index is 11.4. The molecular formula is C13H19NO3S. The fourth-order valence-electron chi connectivity index (χ4n) is 1.60. The minimum absolute atomic E-state index is 0.000755. The van der Waals surface area contributed by atoms with Crippen LogP contribution in [0.2, 0.25) is 0 Å². The van der Waals surface area contributed by atoms with Gasteiger partial charge in [0, 0.05) is 13.0 Å². The summed E-state index contributed by atoms with van der Waals surface area (Å²) in [5, 5.41) is 2.85. The third-order valence-corrected chi connectivity index (χ3v) is 2.88. The number of ether oxygens (including phenoxy) is 2. The number of rotatable bonds is 6. The molecule has 1 N–H and O–H groups in total. The van der Waals surface area contributed by atoms with E-state index in [1.807, 2.05) is 19.1 Å². The molecule has 0 heterocycles. The Hall–Kier alpha value is -1.36. The summed E-state index contributed by atoms with van der Waals surface area (Å²) in [6, 6.07) is 3.79. The Morgan fingerprint density at radius 1 is 1.28 bits per heavy atom. The van der Waals surface area contributed by atoms with Crippen molar-refractivity contribution in [2.24, 2.45) is 0 Å². The van der Waals surface area contributed by atoms with Gasteiger partial charge in [0.05, 0.1) is 14.2 Å². The van der Waals surface area contributed by atoms with Crippen molar-refractivity contribution < 1.29 is 14.3 Å². The minimum Gasteiger partial charge on any atom is -0.493 e. The molecular weight excluding hydrogens is 250 g/mol. The number of benzene rings is 1. The lowest BCUT2D eigenvalue weighted by Gasteiger charge is -2.13. The van der Waals surface area contributed by atoms with Crippen molar-refractivity contribution in [1.82, 2.24) is 5.32 Å². The fourth-order valence-corrected chi connectivity index (χ4v) is 1.80. The number of carbonyl (C=O) groups is 1. The van der Waals surface area contributed by atoms with Gasteiger partial charge in [-0.05, 0) is 35.9 Å². The maximum absolute atomic E-state index is 11.4. The second-order valence-corrected chi connectivity index (χ2v) is 4.33. The van der Waals surface area contributed by atoms with Crippen LogP contribution in [0.5, 0.6) is 11.5 Å². The van der Waals surface area contributed by atoms with Crippen LogP contribution in [0.25, 0.3) is 0 Å². The first-order valence-corrected chi connectivity index (χ1v) is 6.34. The molecule has 0 bridgehead atoms. The molecule has 0 aliphatic carbocycles. The van der Waals surface area contributed by atoms with Gasteiger partial charge in [-0.25, -0.2) is 0 Å².